The Morgan fingerprint density at radius 3 is 2.80 bits per heavy atom. The second-order valence-electron chi connectivity index (χ2n) is 6.04. The first-order valence-electron chi connectivity index (χ1n) is 8.62. The van der Waals surface area contributed by atoms with E-state index < -0.39 is 0 Å². The predicted octanol–water partition coefficient (Wildman–Crippen LogP) is 1.74. The van der Waals surface area contributed by atoms with Gasteiger partial charge in [-0.1, -0.05) is 12.1 Å². The quantitative estimate of drug-likeness (QED) is 0.488. The van der Waals surface area contributed by atoms with Crippen LogP contribution in [0.25, 0.3) is 11.3 Å². The van der Waals surface area contributed by atoms with Gasteiger partial charge in [0.1, 0.15) is 11.6 Å². The lowest BCUT2D eigenvalue weighted by molar-refractivity contribution is 0.477. The van der Waals surface area contributed by atoms with E-state index in [2.05, 4.69) is 25.8 Å². The molecule has 2 aromatic rings. The van der Waals surface area contributed by atoms with Gasteiger partial charge in [-0.2, -0.15) is 0 Å². The van der Waals surface area contributed by atoms with Crippen molar-refractivity contribution in [2.75, 3.05) is 25.0 Å². The smallest absolute Gasteiger partial charge is 0.150 e. The fourth-order valence-electron chi connectivity index (χ4n) is 2.94. The van der Waals surface area contributed by atoms with Crippen LogP contribution < -0.4 is 16.4 Å². The fraction of sp³-hybridized carbons (Fsp3) is 0.389. The summed E-state index contributed by atoms with van der Waals surface area (Å²) >= 11 is 0. The highest BCUT2D eigenvalue weighted by Gasteiger charge is 2.18. The van der Waals surface area contributed by atoms with Crippen LogP contribution in [0.1, 0.15) is 25.5 Å². The van der Waals surface area contributed by atoms with E-state index in [0.717, 1.165) is 31.6 Å². The molecule has 1 aliphatic rings. The first kappa shape index (κ1) is 17.2. The van der Waals surface area contributed by atoms with Crippen LogP contribution in [0.15, 0.2) is 35.3 Å². The summed E-state index contributed by atoms with van der Waals surface area (Å²) in [7, 11) is 0. The van der Waals surface area contributed by atoms with Crippen molar-refractivity contribution in [2.24, 2.45) is 10.7 Å². The third-order valence-corrected chi connectivity index (χ3v) is 4.24. The number of nitrogens with two attached hydrogens (primary N) is 1. The van der Waals surface area contributed by atoms with Crippen LogP contribution in [-0.2, 0) is 0 Å². The summed E-state index contributed by atoms with van der Waals surface area (Å²) in [4.78, 5) is 4.26. The summed E-state index contributed by atoms with van der Waals surface area (Å²) in [6, 6.07) is 9.32. The standard InChI is InChI=1S/C18H24N6O/c1-2-21-18(19)17-15(22-12-7-9-20-10-8-12)11-14(23-24-17)13-5-3-4-6-16(13)25/h3-6,11-12,20,25H,2,7-10H2,1H3,(H2,19,21)(H,22,23). The van der Waals surface area contributed by atoms with E-state index in [9.17, 15) is 5.11 Å². The Kier molecular flexibility index (Phi) is 5.45. The van der Waals surface area contributed by atoms with E-state index in [-0.39, 0.29) is 5.75 Å². The summed E-state index contributed by atoms with van der Waals surface area (Å²) in [5.74, 6) is 0.544. The minimum absolute atomic E-state index is 0.174. The summed E-state index contributed by atoms with van der Waals surface area (Å²) in [5.41, 5.74) is 8.67. The van der Waals surface area contributed by atoms with Crippen LogP contribution in [-0.4, -0.2) is 46.8 Å². The van der Waals surface area contributed by atoms with Crippen LogP contribution in [0, 0.1) is 0 Å². The number of para-hydroxylation sites is 1. The van der Waals surface area contributed by atoms with Gasteiger partial charge in [0.2, 0.25) is 0 Å². The number of aromatic hydroxyl groups is 1. The number of phenols is 1. The Morgan fingerprint density at radius 1 is 1.32 bits per heavy atom. The molecule has 0 amide bonds. The number of benzene rings is 1. The zero-order chi connectivity index (χ0) is 17.6. The van der Waals surface area contributed by atoms with Gasteiger partial charge in [0, 0.05) is 18.2 Å². The number of nitrogens with one attached hydrogen (secondary N) is 2. The van der Waals surface area contributed by atoms with Crippen LogP contribution in [0.5, 0.6) is 5.75 Å². The molecule has 5 N–H and O–H groups in total. The lowest BCUT2D eigenvalue weighted by Gasteiger charge is -2.25. The van der Waals surface area contributed by atoms with Crippen LogP contribution >= 0.6 is 0 Å². The number of aromatic nitrogens is 2. The summed E-state index contributed by atoms with van der Waals surface area (Å²) in [6.07, 6.45) is 2.05. The van der Waals surface area contributed by atoms with Gasteiger partial charge in [-0.05, 0) is 51.1 Å². The molecule has 1 aliphatic heterocycles. The molecule has 1 aromatic heterocycles. The molecular formula is C18H24N6O. The molecule has 0 spiro atoms. The Bertz CT molecular complexity index is 755. The van der Waals surface area contributed by atoms with E-state index in [4.69, 9.17) is 5.73 Å². The van der Waals surface area contributed by atoms with Crippen LogP contribution in [0.4, 0.5) is 5.69 Å². The van der Waals surface area contributed by atoms with Gasteiger partial charge in [0.15, 0.2) is 5.69 Å². The van der Waals surface area contributed by atoms with Gasteiger partial charge in [0.05, 0.1) is 11.4 Å². The van der Waals surface area contributed by atoms with Gasteiger partial charge in [-0.15, -0.1) is 10.2 Å². The molecule has 0 unspecified atom stereocenters. The van der Waals surface area contributed by atoms with Crippen molar-refractivity contribution in [2.45, 2.75) is 25.8 Å². The van der Waals surface area contributed by atoms with Crippen molar-refractivity contribution in [1.29, 1.82) is 0 Å². The van der Waals surface area contributed by atoms with E-state index in [0.29, 0.717) is 35.4 Å². The van der Waals surface area contributed by atoms with E-state index in [1.54, 1.807) is 12.1 Å². The molecule has 0 saturated carbocycles. The molecule has 1 saturated heterocycles. The fourth-order valence-corrected chi connectivity index (χ4v) is 2.94. The minimum Gasteiger partial charge on any atom is -0.507 e. The first-order chi connectivity index (χ1) is 12.2. The summed E-state index contributed by atoms with van der Waals surface area (Å²) < 4.78 is 0. The molecule has 25 heavy (non-hydrogen) atoms. The second kappa shape index (κ2) is 7.94. The van der Waals surface area contributed by atoms with E-state index in [1.807, 2.05) is 25.1 Å². The number of rotatable bonds is 5. The Hall–Kier alpha value is -2.67. The first-order valence-corrected chi connectivity index (χ1v) is 8.62. The maximum Gasteiger partial charge on any atom is 0.150 e. The van der Waals surface area contributed by atoms with Crippen molar-refractivity contribution in [3.63, 3.8) is 0 Å². The highest BCUT2D eigenvalue weighted by molar-refractivity contribution is 6.00. The predicted molar refractivity (Wildman–Crippen MR) is 99.9 cm³/mol. The van der Waals surface area contributed by atoms with Gasteiger partial charge >= 0.3 is 0 Å². The maximum absolute atomic E-state index is 10.1. The number of phenolic OH excluding ortho intramolecular Hbond substituents is 1. The number of amidine groups is 1. The lowest BCUT2D eigenvalue weighted by Crippen LogP contribution is -2.36. The monoisotopic (exact) mass is 340 g/mol. The second-order valence-corrected chi connectivity index (χ2v) is 6.04. The minimum atomic E-state index is 0.174. The van der Waals surface area contributed by atoms with E-state index in [1.165, 1.54) is 0 Å². The van der Waals surface area contributed by atoms with Crippen molar-refractivity contribution in [3.8, 4) is 17.0 Å². The molecule has 1 fully saturated rings. The number of piperidine rings is 1. The van der Waals surface area contributed by atoms with Crippen molar-refractivity contribution in [3.05, 3.63) is 36.0 Å². The normalized spacial score (nSPS) is 16.0. The number of aliphatic imine (C=N–C) groups is 1. The molecule has 132 valence electrons. The van der Waals surface area contributed by atoms with Crippen LogP contribution in [0.3, 0.4) is 0 Å². The molecular weight excluding hydrogens is 316 g/mol. The molecule has 7 nitrogen and oxygen atoms in total. The number of anilines is 1. The molecule has 2 heterocycles. The average Bonchev–Trinajstić information content (AvgIpc) is 2.63. The largest absolute Gasteiger partial charge is 0.507 e. The Morgan fingerprint density at radius 2 is 2.08 bits per heavy atom. The van der Waals surface area contributed by atoms with Gasteiger partial charge < -0.3 is 21.5 Å². The van der Waals surface area contributed by atoms with Gasteiger partial charge in [0.25, 0.3) is 0 Å². The van der Waals surface area contributed by atoms with Crippen molar-refractivity contribution < 1.29 is 5.11 Å². The SMILES string of the molecule is CCN=C(N)c1nnc(-c2ccccc2O)cc1NC1CCNCC1. The third-order valence-electron chi connectivity index (χ3n) is 4.24. The van der Waals surface area contributed by atoms with Crippen LogP contribution in [0.2, 0.25) is 0 Å². The van der Waals surface area contributed by atoms with Gasteiger partial charge in [-0.25, -0.2) is 0 Å². The Labute approximate surface area is 147 Å². The highest BCUT2D eigenvalue weighted by atomic mass is 16.3. The molecule has 0 radical (unpaired) electrons. The molecule has 0 atom stereocenters. The van der Waals surface area contributed by atoms with Gasteiger partial charge in [-0.3, -0.25) is 4.99 Å². The number of nitrogens with zero attached hydrogens (tertiary/aromatic N) is 3. The maximum atomic E-state index is 10.1. The number of hydrogen-bond acceptors (Lipinski definition) is 6. The molecule has 0 aliphatic carbocycles. The molecule has 7 heteroatoms. The zero-order valence-corrected chi connectivity index (χ0v) is 14.4. The summed E-state index contributed by atoms with van der Waals surface area (Å²) in [6.45, 7) is 4.48. The lowest BCUT2D eigenvalue weighted by atomic mass is 10.1. The third kappa shape index (κ3) is 4.06. The Balaban J connectivity index is 1.99. The van der Waals surface area contributed by atoms with Crippen molar-refractivity contribution >= 4 is 11.5 Å². The summed E-state index contributed by atoms with van der Waals surface area (Å²) in [5, 5.41) is 25.5. The molecule has 0 bridgehead atoms. The highest BCUT2D eigenvalue weighted by Crippen LogP contribution is 2.29. The number of hydrogen-bond donors (Lipinski definition) is 4. The average molecular weight is 340 g/mol. The topological polar surface area (TPSA) is 108 Å². The molecule has 3 rings (SSSR count). The zero-order valence-electron chi connectivity index (χ0n) is 14.4. The van der Waals surface area contributed by atoms with E-state index >= 15 is 0 Å². The molecule has 1 aromatic carbocycles. The van der Waals surface area contributed by atoms with Crippen molar-refractivity contribution in [1.82, 2.24) is 15.5 Å².